The van der Waals surface area contributed by atoms with Crippen molar-refractivity contribution < 1.29 is 19.5 Å². The lowest BCUT2D eigenvalue weighted by Gasteiger charge is -2.21. The van der Waals surface area contributed by atoms with Crippen LogP contribution in [0, 0.1) is 0 Å². The lowest BCUT2D eigenvalue weighted by molar-refractivity contribution is -0.140. The van der Waals surface area contributed by atoms with Crippen molar-refractivity contribution in [1.29, 1.82) is 0 Å². The number of amides is 2. The Balaban J connectivity index is 2.91. The molecule has 2 atom stereocenters. The van der Waals surface area contributed by atoms with Crippen LogP contribution in [-0.4, -0.2) is 54.5 Å². The number of carbonyl (C=O) groups excluding carboxylic acids is 2. The van der Waals surface area contributed by atoms with Crippen molar-refractivity contribution in [3.63, 3.8) is 0 Å². The molecule has 0 spiro atoms. The summed E-state index contributed by atoms with van der Waals surface area (Å²) in [7, 11) is 1.46. The molecule has 0 aliphatic rings. The largest absolute Gasteiger partial charge is 0.481 e. The van der Waals surface area contributed by atoms with Gasteiger partial charge < -0.3 is 32.5 Å². The zero-order valence-corrected chi connectivity index (χ0v) is 15.6. The van der Waals surface area contributed by atoms with E-state index in [4.69, 9.17) is 16.6 Å². The van der Waals surface area contributed by atoms with E-state index >= 15 is 0 Å². The highest BCUT2D eigenvalue weighted by Crippen LogP contribution is 2.12. The minimum atomic E-state index is -1.14. The summed E-state index contributed by atoms with van der Waals surface area (Å²) in [5.74, 6) is -2.37. The molecule has 10 nitrogen and oxygen atoms in total. The molecule has 0 fully saturated rings. The van der Waals surface area contributed by atoms with E-state index in [1.807, 2.05) is 6.07 Å². The second kappa shape index (κ2) is 11.3. The van der Waals surface area contributed by atoms with Crippen molar-refractivity contribution in [2.24, 2.45) is 16.5 Å². The second-order valence-corrected chi connectivity index (χ2v) is 5.91. The number of carboxylic acids is 1. The molecule has 0 bridgehead atoms. The van der Waals surface area contributed by atoms with Crippen molar-refractivity contribution in [1.82, 2.24) is 10.6 Å². The Kier molecular flexibility index (Phi) is 9.17. The Morgan fingerprint density at radius 1 is 1.25 bits per heavy atom. The first kappa shape index (κ1) is 22.6. The molecule has 0 saturated heterocycles. The second-order valence-electron chi connectivity index (χ2n) is 5.91. The van der Waals surface area contributed by atoms with Gasteiger partial charge in [0.15, 0.2) is 5.96 Å². The number of hydrogen-bond donors (Lipinski definition) is 6. The molecule has 0 radical (unpaired) electrons. The lowest BCUT2D eigenvalue weighted by Crippen LogP contribution is -2.51. The van der Waals surface area contributed by atoms with Gasteiger partial charge in [0.1, 0.15) is 6.04 Å². The lowest BCUT2D eigenvalue weighted by atomic mass is 10.1. The Morgan fingerprint density at radius 2 is 1.96 bits per heavy atom. The van der Waals surface area contributed by atoms with Gasteiger partial charge in [-0.2, -0.15) is 0 Å². The number of aliphatic imine (C=N–C) groups is 1. The minimum Gasteiger partial charge on any atom is -0.481 e. The van der Waals surface area contributed by atoms with Crippen LogP contribution in [0.2, 0.25) is 0 Å². The molecule has 0 saturated carbocycles. The molecule has 1 rings (SSSR count). The molecule has 10 heteroatoms. The van der Waals surface area contributed by atoms with Crippen LogP contribution in [0.4, 0.5) is 5.69 Å². The van der Waals surface area contributed by atoms with E-state index in [0.717, 1.165) is 5.56 Å². The molecule has 8 N–H and O–H groups in total. The standard InChI is InChI=1S/C18H26N6O4/c1-3-11-5-4-6-12(9-11)23-16(27)13(7-8-22-18(19)20)24-17(28)14(21-2)10-15(25)26/h3-6,9,13-14,21H,1,7-8,10H2,2H3,(H,23,27)(H,24,28)(H,25,26)(H4,19,20,22). The summed E-state index contributed by atoms with van der Waals surface area (Å²) in [6.45, 7) is 3.78. The molecule has 28 heavy (non-hydrogen) atoms. The molecule has 0 aliphatic carbocycles. The first-order valence-electron chi connectivity index (χ1n) is 8.55. The van der Waals surface area contributed by atoms with Crippen LogP contribution < -0.4 is 27.4 Å². The number of guanidine groups is 1. The third-order valence-corrected chi connectivity index (χ3v) is 3.78. The number of carboxylic acid groups (broad SMARTS) is 1. The SMILES string of the molecule is C=Cc1cccc(NC(=O)C(CCN=C(N)N)NC(=O)C(CC(=O)O)NC)c1. The van der Waals surface area contributed by atoms with Gasteiger partial charge in [0.2, 0.25) is 11.8 Å². The fourth-order valence-corrected chi connectivity index (χ4v) is 2.34. The molecule has 0 aromatic heterocycles. The quantitative estimate of drug-likeness (QED) is 0.218. The van der Waals surface area contributed by atoms with Crippen LogP contribution in [0.15, 0.2) is 35.8 Å². The maximum Gasteiger partial charge on any atom is 0.305 e. The summed E-state index contributed by atoms with van der Waals surface area (Å²) in [4.78, 5) is 39.7. The monoisotopic (exact) mass is 390 g/mol. The highest BCUT2D eigenvalue weighted by atomic mass is 16.4. The van der Waals surface area contributed by atoms with Crippen LogP contribution >= 0.6 is 0 Å². The molecule has 0 heterocycles. The summed E-state index contributed by atoms with van der Waals surface area (Å²) in [6.07, 6.45) is 1.34. The Morgan fingerprint density at radius 3 is 2.54 bits per heavy atom. The van der Waals surface area contributed by atoms with Crippen LogP contribution in [0.5, 0.6) is 0 Å². The summed E-state index contributed by atoms with van der Waals surface area (Å²) in [5.41, 5.74) is 11.9. The first-order chi connectivity index (χ1) is 13.3. The van der Waals surface area contributed by atoms with E-state index < -0.39 is 36.3 Å². The minimum absolute atomic E-state index is 0.108. The average Bonchev–Trinajstić information content (AvgIpc) is 2.64. The zero-order valence-electron chi connectivity index (χ0n) is 15.6. The highest BCUT2D eigenvalue weighted by molar-refractivity contribution is 5.98. The Hall–Kier alpha value is -3.40. The van der Waals surface area contributed by atoms with Crippen LogP contribution in [0.1, 0.15) is 18.4 Å². The number of nitrogens with two attached hydrogens (primary N) is 2. The molecule has 2 amide bonds. The van der Waals surface area contributed by atoms with Crippen molar-refractivity contribution in [3.8, 4) is 0 Å². The van der Waals surface area contributed by atoms with Gasteiger partial charge >= 0.3 is 5.97 Å². The van der Waals surface area contributed by atoms with Gasteiger partial charge in [-0.15, -0.1) is 0 Å². The fourth-order valence-electron chi connectivity index (χ4n) is 2.34. The van der Waals surface area contributed by atoms with Gasteiger partial charge in [0, 0.05) is 12.2 Å². The van der Waals surface area contributed by atoms with Crippen molar-refractivity contribution in [3.05, 3.63) is 36.4 Å². The summed E-state index contributed by atoms with van der Waals surface area (Å²) < 4.78 is 0. The maximum atomic E-state index is 12.7. The third-order valence-electron chi connectivity index (χ3n) is 3.78. The maximum absolute atomic E-state index is 12.7. The van der Waals surface area contributed by atoms with Gasteiger partial charge in [-0.05, 0) is 31.2 Å². The number of nitrogens with one attached hydrogen (secondary N) is 3. The molecule has 0 aliphatic heterocycles. The van der Waals surface area contributed by atoms with E-state index in [2.05, 4.69) is 27.5 Å². The van der Waals surface area contributed by atoms with Gasteiger partial charge in [-0.1, -0.05) is 24.8 Å². The predicted octanol–water partition coefficient (Wildman–Crippen LogP) is -0.521. The normalized spacial score (nSPS) is 12.3. The highest BCUT2D eigenvalue weighted by Gasteiger charge is 2.26. The number of nitrogens with zero attached hydrogens (tertiary/aromatic N) is 1. The van der Waals surface area contributed by atoms with E-state index in [9.17, 15) is 14.4 Å². The van der Waals surface area contributed by atoms with Gasteiger partial charge in [0.05, 0.1) is 12.5 Å². The molecular formula is C18H26N6O4. The van der Waals surface area contributed by atoms with E-state index in [0.29, 0.717) is 5.69 Å². The van der Waals surface area contributed by atoms with E-state index in [1.165, 1.54) is 7.05 Å². The number of benzene rings is 1. The number of aliphatic carboxylic acids is 1. The van der Waals surface area contributed by atoms with Crippen LogP contribution in [0.3, 0.4) is 0 Å². The Bertz CT molecular complexity index is 745. The van der Waals surface area contributed by atoms with Crippen molar-refractivity contribution in [2.75, 3.05) is 18.9 Å². The molecule has 1 aromatic rings. The molecular weight excluding hydrogens is 364 g/mol. The van der Waals surface area contributed by atoms with Gasteiger partial charge in [-0.3, -0.25) is 19.4 Å². The predicted molar refractivity (Wildman–Crippen MR) is 107 cm³/mol. The van der Waals surface area contributed by atoms with E-state index in [1.54, 1.807) is 24.3 Å². The summed E-state index contributed by atoms with van der Waals surface area (Å²) in [5, 5.41) is 16.8. The molecule has 1 aromatic carbocycles. The first-order valence-corrected chi connectivity index (χ1v) is 8.55. The van der Waals surface area contributed by atoms with Gasteiger partial charge in [-0.25, -0.2) is 0 Å². The topological polar surface area (TPSA) is 172 Å². The molecule has 2 unspecified atom stereocenters. The van der Waals surface area contributed by atoms with E-state index in [-0.39, 0.29) is 18.9 Å². The average molecular weight is 390 g/mol. The van der Waals surface area contributed by atoms with Crippen LogP contribution in [0.25, 0.3) is 6.08 Å². The third kappa shape index (κ3) is 7.87. The number of likely N-dealkylation sites (N-methyl/N-ethyl adjacent to an activating group) is 1. The number of carbonyl (C=O) groups is 3. The zero-order chi connectivity index (χ0) is 21.1. The number of hydrogen-bond acceptors (Lipinski definition) is 5. The summed E-state index contributed by atoms with van der Waals surface area (Å²) in [6, 6.07) is 5.04. The number of rotatable bonds is 11. The van der Waals surface area contributed by atoms with Gasteiger partial charge in [0.25, 0.3) is 0 Å². The van der Waals surface area contributed by atoms with Crippen molar-refractivity contribution in [2.45, 2.75) is 24.9 Å². The smallest absolute Gasteiger partial charge is 0.305 e. The number of anilines is 1. The van der Waals surface area contributed by atoms with Crippen LogP contribution in [-0.2, 0) is 14.4 Å². The molecule has 152 valence electrons. The fraction of sp³-hybridized carbons (Fsp3) is 0.333. The summed E-state index contributed by atoms with van der Waals surface area (Å²) >= 11 is 0. The Labute approximate surface area is 163 Å². The van der Waals surface area contributed by atoms with Crippen molar-refractivity contribution >= 4 is 35.5 Å².